The third-order valence-corrected chi connectivity index (χ3v) is 4.94. The maximum absolute atomic E-state index is 12.5. The average molecular weight is 295 g/mol. The van der Waals surface area contributed by atoms with E-state index in [9.17, 15) is 8.42 Å². The first-order valence-corrected chi connectivity index (χ1v) is 7.74. The van der Waals surface area contributed by atoms with Crippen molar-refractivity contribution in [2.45, 2.75) is 25.0 Å². The van der Waals surface area contributed by atoms with Crippen LogP contribution in [0, 0.1) is 0 Å². The molecular weight excluding hydrogens is 278 g/mol. The molecule has 0 atom stereocenters. The van der Waals surface area contributed by atoms with E-state index in [-0.39, 0.29) is 18.0 Å². The molecule has 5 nitrogen and oxygen atoms in total. The van der Waals surface area contributed by atoms with Crippen LogP contribution in [-0.2, 0) is 23.2 Å². The monoisotopic (exact) mass is 295 g/mol. The van der Waals surface area contributed by atoms with Crippen molar-refractivity contribution in [2.75, 3.05) is 6.54 Å². The van der Waals surface area contributed by atoms with Crippen LogP contribution in [-0.4, -0.2) is 24.4 Å². The molecule has 0 bridgehead atoms. The Labute approximate surface area is 118 Å². The molecule has 108 valence electrons. The second kappa shape index (κ2) is 6.21. The van der Waals surface area contributed by atoms with Crippen LogP contribution in [0.2, 0.25) is 0 Å². The summed E-state index contributed by atoms with van der Waals surface area (Å²) in [6, 6.07) is 9.69. The van der Waals surface area contributed by atoms with Gasteiger partial charge in [0.15, 0.2) is 0 Å². The normalized spacial score (nSPS) is 11.9. The number of sulfonamides is 1. The molecule has 0 saturated heterocycles. The molecule has 2 rings (SSSR count). The Bertz CT molecular complexity index is 632. The van der Waals surface area contributed by atoms with Gasteiger partial charge in [-0.05, 0) is 29.8 Å². The lowest BCUT2D eigenvalue weighted by molar-refractivity contribution is 0.281. The molecule has 6 heteroatoms. The first-order valence-electron chi connectivity index (χ1n) is 6.30. The van der Waals surface area contributed by atoms with Crippen LogP contribution in [0.15, 0.2) is 52.0 Å². The van der Waals surface area contributed by atoms with E-state index in [4.69, 9.17) is 9.52 Å². The molecule has 2 aromatic rings. The summed E-state index contributed by atoms with van der Waals surface area (Å²) in [5, 5.41) is 8.99. The summed E-state index contributed by atoms with van der Waals surface area (Å²) in [6.45, 7) is 2.23. The standard InChI is InChI=1S/C14H17NO4S/c1-2-15(10-13-4-3-9-19-13)20(17,18)14-7-5-12(11-16)6-8-14/h3-9,16H,2,10-11H2,1H3. The maximum atomic E-state index is 12.5. The molecule has 0 aliphatic rings. The average Bonchev–Trinajstić information content (AvgIpc) is 2.97. The first-order chi connectivity index (χ1) is 9.57. The second-order valence-electron chi connectivity index (χ2n) is 4.31. The molecular formula is C14H17NO4S. The first kappa shape index (κ1) is 14.8. The molecule has 0 radical (unpaired) electrons. The van der Waals surface area contributed by atoms with Crippen molar-refractivity contribution in [3.63, 3.8) is 0 Å². The zero-order valence-corrected chi connectivity index (χ0v) is 12.0. The van der Waals surface area contributed by atoms with E-state index in [0.717, 1.165) is 0 Å². The Morgan fingerprint density at radius 1 is 1.20 bits per heavy atom. The summed E-state index contributed by atoms with van der Waals surface area (Å²) in [5.74, 6) is 0.599. The highest BCUT2D eigenvalue weighted by molar-refractivity contribution is 7.89. The number of aliphatic hydroxyl groups is 1. The van der Waals surface area contributed by atoms with Crippen LogP contribution >= 0.6 is 0 Å². The maximum Gasteiger partial charge on any atom is 0.243 e. The summed E-state index contributed by atoms with van der Waals surface area (Å²) in [4.78, 5) is 0.211. The van der Waals surface area contributed by atoms with Gasteiger partial charge in [0.1, 0.15) is 5.76 Å². The third kappa shape index (κ3) is 3.09. The zero-order valence-electron chi connectivity index (χ0n) is 11.2. The second-order valence-corrected chi connectivity index (χ2v) is 6.25. The molecule has 0 aliphatic heterocycles. The molecule has 20 heavy (non-hydrogen) atoms. The molecule has 1 aromatic heterocycles. The molecule has 1 aromatic carbocycles. The quantitative estimate of drug-likeness (QED) is 0.884. The molecule has 0 amide bonds. The smallest absolute Gasteiger partial charge is 0.243 e. The van der Waals surface area contributed by atoms with Crippen molar-refractivity contribution >= 4 is 10.0 Å². The summed E-state index contributed by atoms with van der Waals surface area (Å²) < 4.78 is 31.6. The van der Waals surface area contributed by atoms with Crippen LogP contribution in [0.3, 0.4) is 0 Å². The summed E-state index contributed by atoms with van der Waals surface area (Å²) in [6.07, 6.45) is 1.52. The molecule has 1 heterocycles. The lowest BCUT2D eigenvalue weighted by atomic mass is 10.2. The number of furan rings is 1. The SMILES string of the molecule is CCN(Cc1ccco1)S(=O)(=O)c1ccc(CO)cc1. The van der Waals surface area contributed by atoms with Crippen molar-refractivity contribution in [3.05, 3.63) is 54.0 Å². The Morgan fingerprint density at radius 3 is 2.40 bits per heavy atom. The number of nitrogens with zero attached hydrogens (tertiary/aromatic N) is 1. The van der Waals surface area contributed by atoms with Gasteiger partial charge in [0, 0.05) is 6.54 Å². The van der Waals surface area contributed by atoms with E-state index in [1.54, 1.807) is 31.2 Å². The van der Waals surface area contributed by atoms with E-state index in [1.807, 2.05) is 0 Å². The van der Waals surface area contributed by atoms with Crippen molar-refractivity contribution in [2.24, 2.45) is 0 Å². The largest absolute Gasteiger partial charge is 0.468 e. The molecule has 0 unspecified atom stereocenters. The zero-order chi connectivity index (χ0) is 14.6. The van der Waals surface area contributed by atoms with Gasteiger partial charge in [-0.25, -0.2) is 8.42 Å². The highest BCUT2D eigenvalue weighted by Crippen LogP contribution is 2.19. The van der Waals surface area contributed by atoms with Crippen LogP contribution in [0.25, 0.3) is 0 Å². The Balaban J connectivity index is 2.26. The van der Waals surface area contributed by atoms with E-state index in [1.165, 1.54) is 22.7 Å². The van der Waals surface area contributed by atoms with Crippen molar-refractivity contribution < 1.29 is 17.9 Å². The number of aliphatic hydroxyl groups excluding tert-OH is 1. The Morgan fingerprint density at radius 2 is 1.90 bits per heavy atom. The van der Waals surface area contributed by atoms with Crippen molar-refractivity contribution in [1.82, 2.24) is 4.31 Å². The van der Waals surface area contributed by atoms with Gasteiger partial charge in [0.25, 0.3) is 0 Å². The lowest BCUT2D eigenvalue weighted by Crippen LogP contribution is -2.30. The van der Waals surface area contributed by atoms with Gasteiger partial charge in [-0.15, -0.1) is 0 Å². The molecule has 0 aliphatic carbocycles. The lowest BCUT2D eigenvalue weighted by Gasteiger charge is -2.19. The van der Waals surface area contributed by atoms with Gasteiger partial charge in [0.2, 0.25) is 10.0 Å². The van der Waals surface area contributed by atoms with Crippen molar-refractivity contribution in [1.29, 1.82) is 0 Å². The minimum Gasteiger partial charge on any atom is -0.468 e. The van der Waals surface area contributed by atoms with Crippen LogP contribution in [0.5, 0.6) is 0 Å². The predicted octanol–water partition coefficient (Wildman–Crippen LogP) is 1.98. The number of hydrogen-bond acceptors (Lipinski definition) is 4. The molecule has 0 spiro atoms. The van der Waals surface area contributed by atoms with Gasteiger partial charge >= 0.3 is 0 Å². The highest BCUT2D eigenvalue weighted by atomic mass is 32.2. The fourth-order valence-electron chi connectivity index (χ4n) is 1.86. The van der Waals surface area contributed by atoms with E-state index in [2.05, 4.69) is 0 Å². The number of rotatable bonds is 6. The molecule has 0 saturated carbocycles. The third-order valence-electron chi connectivity index (χ3n) is 3.01. The van der Waals surface area contributed by atoms with Crippen LogP contribution < -0.4 is 0 Å². The fourth-order valence-corrected chi connectivity index (χ4v) is 3.27. The Hall–Kier alpha value is -1.63. The molecule has 0 fully saturated rings. The summed E-state index contributed by atoms with van der Waals surface area (Å²) in [7, 11) is -3.56. The number of benzene rings is 1. The fraction of sp³-hybridized carbons (Fsp3) is 0.286. The van der Waals surface area contributed by atoms with Crippen LogP contribution in [0.1, 0.15) is 18.2 Å². The van der Waals surface area contributed by atoms with Crippen LogP contribution in [0.4, 0.5) is 0 Å². The van der Waals surface area contributed by atoms with Crippen molar-refractivity contribution in [3.8, 4) is 0 Å². The minimum atomic E-state index is -3.56. The van der Waals surface area contributed by atoms with Gasteiger partial charge in [-0.3, -0.25) is 0 Å². The predicted molar refractivity (Wildman–Crippen MR) is 74.3 cm³/mol. The van der Waals surface area contributed by atoms with E-state index >= 15 is 0 Å². The van der Waals surface area contributed by atoms with Gasteiger partial charge < -0.3 is 9.52 Å². The van der Waals surface area contributed by atoms with Gasteiger partial charge in [-0.1, -0.05) is 19.1 Å². The summed E-state index contributed by atoms with van der Waals surface area (Å²) in [5.41, 5.74) is 0.679. The topological polar surface area (TPSA) is 70.8 Å². The van der Waals surface area contributed by atoms with Gasteiger partial charge in [0.05, 0.1) is 24.3 Å². The minimum absolute atomic E-state index is 0.107. The molecule has 1 N–H and O–H groups in total. The van der Waals surface area contributed by atoms with Gasteiger partial charge in [-0.2, -0.15) is 4.31 Å². The highest BCUT2D eigenvalue weighted by Gasteiger charge is 2.23. The Kier molecular flexibility index (Phi) is 4.59. The summed E-state index contributed by atoms with van der Waals surface area (Å²) >= 11 is 0. The van der Waals surface area contributed by atoms with E-state index < -0.39 is 10.0 Å². The number of hydrogen-bond donors (Lipinski definition) is 1. The van der Waals surface area contributed by atoms with E-state index in [0.29, 0.717) is 17.9 Å².